The number of morpholine rings is 1. The Kier molecular flexibility index (Phi) is 3.92. The molecule has 0 aromatic heterocycles. The predicted octanol–water partition coefficient (Wildman–Crippen LogP) is -1.24. The topological polar surface area (TPSA) is 12.5 Å². The SMILES string of the molecule is B.CN1CCOCC1. The highest BCUT2D eigenvalue weighted by molar-refractivity contribution is 5.75. The predicted molar refractivity (Wildman–Crippen MR) is 38.3 cm³/mol. The van der Waals surface area contributed by atoms with Crippen molar-refractivity contribution < 1.29 is 4.74 Å². The largest absolute Gasteiger partial charge is 0.379 e. The molecule has 0 N–H and O–H groups in total. The minimum atomic E-state index is 0. The van der Waals surface area contributed by atoms with E-state index in [1.165, 1.54) is 0 Å². The van der Waals surface area contributed by atoms with Gasteiger partial charge in [-0.05, 0) is 7.05 Å². The summed E-state index contributed by atoms with van der Waals surface area (Å²) in [5, 5.41) is 0. The molecule has 0 atom stereocenters. The van der Waals surface area contributed by atoms with Gasteiger partial charge in [0.1, 0.15) is 0 Å². The summed E-state index contributed by atoms with van der Waals surface area (Å²) in [5.41, 5.74) is 0. The zero-order valence-electron chi connectivity index (χ0n) is 4.68. The minimum absolute atomic E-state index is 0. The van der Waals surface area contributed by atoms with E-state index in [-0.39, 0.29) is 8.41 Å². The van der Waals surface area contributed by atoms with E-state index in [0.717, 1.165) is 26.3 Å². The third-order valence-corrected chi connectivity index (χ3v) is 1.23. The Hall–Kier alpha value is -0.0151. The van der Waals surface area contributed by atoms with Gasteiger partial charge in [0.25, 0.3) is 0 Å². The van der Waals surface area contributed by atoms with Crippen LogP contribution >= 0.6 is 0 Å². The van der Waals surface area contributed by atoms with E-state index in [0.29, 0.717) is 0 Å². The lowest BCUT2D eigenvalue weighted by Gasteiger charge is -2.21. The fraction of sp³-hybridized carbons (Fsp3) is 1.00. The monoisotopic (exact) mass is 115 g/mol. The maximum absolute atomic E-state index is 5.10. The van der Waals surface area contributed by atoms with Gasteiger partial charge in [-0.1, -0.05) is 0 Å². The zero-order chi connectivity index (χ0) is 5.11. The Morgan fingerprint density at radius 2 is 1.75 bits per heavy atom. The summed E-state index contributed by atoms with van der Waals surface area (Å²) in [5.74, 6) is 0. The first-order valence-corrected chi connectivity index (χ1v) is 2.66. The molecule has 8 heavy (non-hydrogen) atoms. The first kappa shape index (κ1) is 7.98. The van der Waals surface area contributed by atoms with Crippen LogP contribution in [-0.2, 0) is 4.74 Å². The molecule has 0 radical (unpaired) electrons. The molecule has 0 aliphatic carbocycles. The van der Waals surface area contributed by atoms with Crippen LogP contribution in [0.1, 0.15) is 0 Å². The van der Waals surface area contributed by atoms with Gasteiger partial charge >= 0.3 is 0 Å². The standard InChI is InChI=1S/C5H11NO.BH3/c1-6-2-4-7-5-3-6;/h2-5H2,1H3;1H3. The van der Waals surface area contributed by atoms with Gasteiger partial charge in [-0.3, -0.25) is 0 Å². The lowest BCUT2D eigenvalue weighted by Crippen LogP contribution is -2.32. The molecule has 1 heterocycles. The molecule has 1 fully saturated rings. The highest BCUT2D eigenvalue weighted by atomic mass is 16.5. The maximum Gasteiger partial charge on any atom is 0.0814 e. The lowest BCUT2D eigenvalue weighted by molar-refractivity contribution is 0.0503. The van der Waals surface area contributed by atoms with Crippen LogP contribution in [0.5, 0.6) is 0 Å². The van der Waals surface area contributed by atoms with Crippen molar-refractivity contribution in [2.75, 3.05) is 33.4 Å². The molecule has 1 saturated heterocycles. The van der Waals surface area contributed by atoms with Crippen LogP contribution < -0.4 is 0 Å². The Labute approximate surface area is 52.4 Å². The highest BCUT2D eigenvalue weighted by Crippen LogP contribution is 1.89. The summed E-state index contributed by atoms with van der Waals surface area (Å²) in [7, 11) is 2.11. The van der Waals surface area contributed by atoms with Crippen molar-refractivity contribution in [1.82, 2.24) is 4.90 Å². The van der Waals surface area contributed by atoms with Gasteiger partial charge < -0.3 is 9.64 Å². The lowest BCUT2D eigenvalue weighted by atomic mass is 10.5. The number of nitrogens with zero attached hydrogens (tertiary/aromatic N) is 1. The molecular weight excluding hydrogens is 101 g/mol. The summed E-state index contributed by atoms with van der Waals surface area (Å²) in [6.07, 6.45) is 0. The van der Waals surface area contributed by atoms with Gasteiger partial charge in [0.2, 0.25) is 0 Å². The summed E-state index contributed by atoms with van der Waals surface area (Å²) < 4.78 is 5.10. The van der Waals surface area contributed by atoms with E-state index in [4.69, 9.17) is 4.74 Å². The van der Waals surface area contributed by atoms with Crippen molar-refractivity contribution in [2.45, 2.75) is 0 Å². The second-order valence-electron chi connectivity index (χ2n) is 1.92. The molecule has 0 aromatic rings. The van der Waals surface area contributed by atoms with E-state index < -0.39 is 0 Å². The van der Waals surface area contributed by atoms with Gasteiger partial charge in [0, 0.05) is 13.1 Å². The van der Waals surface area contributed by atoms with Crippen molar-refractivity contribution in [2.24, 2.45) is 0 Å². The number of ether oxygens (including phenoxy) is 1. The molecule has 0 unspecified atom stereocenters. The van der Waals surface area contributed by atoms with Gasteiger partial charge in [-0.25, -0.2) is 0 Å². The molecule has 0 bridgehead atoms. The molecule has 2 nitrogen and oxygen atoms in total. The fourth-order valence-electron chi connectivity index (χ4n) is 0.655. The van der Waals surface area contributed by atoms with Crippen molar-refractivity contribution in [3.63, 3.8) is 0 Å². The molecule has 0 spiro atoms. The third-order valence-electron chi connectivity index (χ3n) is 1.23. The van der Waals surface area contributed by atoms with Crippen LogP contribution in [0.15, 0.2) is 0 Å². The average molecular weight is 115 g/mol. The van der Waals surface area contributed by atoms with Crippen molar-refractivity contribution >= 4 is 8.41 Å². The van der Waals surface area contributed by atoms with Gasteiger partial charge in [0.05, 0.1) is 21.6 Å². The summed E-state index contributed by atoms with van der Waals surface area (Å²) in [6, 6.07) is 0. The van der Waals surface area contributed by atoms with Crippen molar-refractivity contribution in [3.8, 4) is 0 Å². The van der Waals surface area contributed by atoms with Crippen LogP contribution in [0, 0.1) is 0 Å². The summed E-state index contributed by atoms with van der Waals surface area (Å²) >= 11 is 0. The molecule has 1 rings (SSSR count). The number of likely N-dealkylation sites (N-methyl/N-ethyl adjacent to an activating group) is 1. The quantitative estimate of drug-likeness (QED) is 0.366. The van der Waals surface area contributed by atoms with Crippen LogP contribution in [-0.4, -0.2) is 46.7 Å². The number of hydrogen-bond donors (Lipinski definition) is 0. The average Bonchev–Trinajstić information content (AvgIpc) is 1.69. The summed E-state index contributed by atoms with van der Waals surface area (Å²) in [4.78, 5) is 2.27. The van der Waals surface area contributed by atoms with Crippen LogP contribution in [0.2, 0.25) is 0 Å². The number of hydrogen-bond acceptors (Lipinski definition) is 2. The summed E-state index contributed by atoms with van der Waals surface area (Å²) in [6.45, 7) is 4.02. The van der Waals surface area contributed by atoms with Gasteiger partial charge in [-0.2, -0.15) is 0 Å². The maximum atomic E-state index is 5.10. The van der Waals surface area contributed by atoms with Gasteiger partial charge in [0.15, 0.2) is 0 Å². The van der Waals surface area contributed by atoms with E-state index in [2.05, 4.69) is 11.9 Å². The number of rotatable bonds is 0. The Morgan fingerprint density at radius 3 is 2.00 bits per heavy atom. The second-order valence-corrected chi connectivity index (χ2v) is 1.92. The van der Waals surface area contributed by atoms with Crippen LogP contribution in [0.4, 0.5) is 0 Å². The Morgan fingerprint density at radius 1 is 1.25 bits per heavy atom. The molecular formula is C5H14BNO. The third kappa shape index (κ3) is 2.33. The van der Waals surface area contributed by atoms with Crippen molar-refractivity contribution in [3.05, 3.63) is 0 Å². The molecule has 1 aliphatic rings. The molecule has 3 heteroatoms. The molecule has 0 saturated carbocycles. The molecule has 0 aromatic carbocycles. The van der Waals surface area contributed by atoms with E-state index in [9.17, 15) is 0 Å². The second kappa shape index (κ2) is 3.92. The normalized spacial score (nSPS) is 22.1. The van der Waals surface area contributed by atoms with Gasteiger partial charge in [-0.15, -0.1) is 0 Å². The smallest absolute Gasteiger partial charge is 0.0814 e. The molecule has 48 valence electrons. The Balaban J connectivity index is 0.000000490. The zero-order valence-corrected chi connectivity index (χ0v) is 4.68. The highest BCUT2D eigenvalue weighted by Gasteiger charge is 2.02. The van der Waals surface area contributed by atoms with Crippen molar-refractivity contribution in [1.29, 1.82) is 0 Å². The first-order chi connectivity index (χ1) is 3.39. The fourth-order valence-corrected chi connectivity index (χ4v) is 0.655. The minimum Gasteiger partial charge on any atom is -0.379 e. The Bertz CT molecular complexity index is 54.4. The first-order valence-electron chi connectivity index (χ1n) is 2.66. The molecule has 0 amide bonds. The van der Waals surface area contributed by atoms with E-state index >= 15 is 0 Å². The van der Waals surface area contributed by atoms with Crippen LogP contribution in [0.25, 0.3) is 0 Å². The van der Waals surface area contributed by atoms with Crippen LogP contribution in [0.3, 0.4) is 0 Å². The van der Waals surface area contributed by atoms with E-state index in [1.54, 1.807) is 0 Å². The van der Waals surface area contributed by atoms with E-state index in [1.807, 2.05) is 0 Å². The molecule has 1 aliphatic heterocycles.